The van der Waals surface area contributed by atoms with E-state index in [4.69, 9.17) is 11.6 Å². The van der Waals surface area contributed by atoms with Gasteiger partial charge in [-0.15, -0.1) is 0 Å². The lowest BCUT2D eigenvalue weighted by atomic mass is 10.3. The number of fused-ring (bicyclic) bond motifs is 1. The summed E-state index contributed by atoms with van der Waals surface area (Å²) in [5.41, 5.74) is 1.52. The molecule has 0 unspecified atom stereocenters. The number of carbonyl (C=O) groups excluding carboxylic acids is 1. The average molecular weight is 269 g/mol. The van der Waals surface area contributed by atoms with Crippen LogP contribution in [0, 0.1) is 0 Å². The molecular formula is C13H17ClN2O2. The van der Waals surface area contributed by atoms with Crippen molar-refractivity contribution in [3.8, 4) is 0 Å². The highest BCUT2D eigenvalue weighted by molar-refractivity contribution is 6.63. The average Bonchev–Trinajstić information content (AvgIpc) is 2.68. The number of H-pyrrole nitrogens is 1. The zero-order valence-electron chi connectivity index (χ0n) is 10.6. The first-order valence-electron chi connectivity index (χ1n) is 6.04. The van der Waals surface area contributed by atoms with Gasteiger partial charge in [0.05, 0.1) is 11.0 Å². The van der Waals surface area contributed by atoms with Gasteiger partial charge in [0.2, 0.25) is 5.24 Å². The molecule has 0 saturated heterocycles. The van der Waals surface area contributed by atoms with Gasteiger partial charge in [0.25, 0.3) is 0 Å². The Labute approximate surface area is 111 Å². The number of benzene rings is 1. The van der Waals surface area contributed by atoms with Gasteiger partial charge in [-0.3, -0.25) is 9.36 Å². The largest absolute Gasteiger partial charge is 0.326 e. The highest BCUT2D eigenvalue weighted by Crippen LogP contribution is 2.09. The van der Waals surface area contributed by atoms with Gasteiger partial charge in [0.1, 0.15) is 0 Å². The van der Waals surface area contributed by atoms with Crippen molar-refractivity contribution in [1.82, 2.24) is 9.55 Å². The summed E-state index contributed by atoms with van der Waals surface area (Å²) in [7, 11) is 0. The Bertz CT molecular complexity index is 572. The first kappa shape index (κ1) is 14.5. The molecule has 0 aliphatic heterocycles. The van der Waals surface area contributed by atoms with Crippen LogP contribution in [0.2, 0.25) is 0 Å². The third-order valence-electron chi connectivity index (χ3n) is 2.44. The molecule has 1 aromatic carbocycles. The fourth-order valence-corrected chi connectivity index (χ4v) is 1.84. The molecule has 0 fully saturated rings. The Kier molecular flexibility index (Phi) is 5.65. The topological polar surface area (TPSA) is 54.9 Å². The van der Waals surface area contributed by atoms with Crippen LogP contribution >= 0.6 is 11.6 Å². The number of hydrogen-bond donors (Lipinski definition) is 1. The minimum Gasteiger partial charge on any atom is -0.306 e. The molecule has 0 atom stereocenters. The maximum absolute atomic E-state index is 11.6. The van der Waals surface area contributed by atoms with Crippen molar-refractivity contribution in [3.05, 3.63) is 34.7 Å². The number of hydrogen-bond acceptors (Lipinski definition) is 2. The second-order valence-electron chi connectivity index (χ2n) is 3.56. The fourth-order valence-electron chi connectivity index (χ4n) is 1.70. The van der Waals surface area contributed by atoms with Gasteiger partial charge in [-0.2, -0.15) is 0 Å². The molecule has 18 heavy (non-hydrogen) atoms. The first-order valence-corrected chi connectivity index (χ1v) is 6.42. The Morgan fingerprint density at radius 2 is 2.00 bits per heavy atom. The Hall–Kier alpha value is -1.55. The standard InChI is InChI=1S/C11H11ClN2O2.C2H6/c12-10(15)6-3-7-14-9-5-2-1-4-8(9)13-11(14)16;1-2/h1-2,4-5H,3,6-7H2,(H,13,16);1-2H3. The van der Waals surface area contributed by atoms with E-state index in [0.29, 0.717) is 13.0 Å². The molecule has 5 heteroatoms. The van der Waals surface area contributed by atoms with Gasteiger partial charge < -0.3 is 4.98 Å². The van der Waals surface area contributed by atoms with E-state index in [1.54, 1.807) is 4.57 Å². The molecular weight excluding hydrogens is 252 g/mol. The van der Waals surface area contributed by atoms with Gasteiger partial charge >= 0.3 is 5.69 Å². The van der Waals surface area contributed by atoms with E-state index in [9.17, 15) is 9.59 Å². The van der Waals surface area contributed by atoms with Crippen LogP contribution in [0.25, 0.3) is 11.0 Å². The number of aromatic nitrogens is 2. The number of nitrogens with zero attached hydrogens (tertiary/aromatic N) is 1. The van der Waals surface area contributed by atoms with Crippen molar-refractivity contribution in [2.24, 2.45) is 0 Å². The van der Waals surface area contributed by atoms with Gasteiger partial charge in [-0.05, 0) is 30.2 Å². The summed E-state index contributed by atoms with van der Waals surface area (Å²) in [6.07, 6.45) is 0.859. The highest BCUT2D eigenvalue weighted by Gasteiger charge is 2.05. The monoisotopic (exact) mass is 268 g/mol. The van der Waals surface area contributed by atoms with E-state index >= 15 is 0 Å². The Morgan fingerprint density at radius 3 is 2.67 bits per heavy atom. The Balaban J connectivity index is 0.000000771. The minimum absolute atomic E-state index is 0.150. The predicted molar refractivity (Wildman–Crippen MR) is 74.0 cm³/mol. The number of rotatable bonds is 4. The van der Waals surface area contributed by atoms with Gasteiger partial charge in [-0.1, -0.05) is 26.0 Å². The van der Waals surface area contributed by atoms with Crippen molar-refractivity contribution in [2.45, 2.75) is 33.2 Å². The number of aryl methyl sites for hydroxylation is 1. The number of imidazole rings is 1. The quantitative estimate of drug-likeness (QED) is 0.867. The van der Waals surface area contributed by atoms with Crippen molar-refractivity contribution in [1.29, 1.82) is 0 Å². The van der Waals surface area contributed by atoms with E-state index in [1.807, 2.05) is 38.1 Å². The SMILES string of the molecule is CC.O=C(Cl)CCCn1c(=O)[nH]c2ccccc21. The van der Waals surface area contributed by atoms with Crippen LogP contribution in [0.15, 0.2) is 29.1 Å². The van der Waals surface area contributed by atoms with Gasteiger partial charge in [0.15, 0.2) is 0 Å². The first-order chi connectivity index (χ1) is 8.68. The highest BCUT2D eigenvalue weighted by atomic mass is 35.5. The van der Waals surface area contributed by atoms with E-state index in [2.05, 4.69) is 4.98 Å². The molecule has 0 bridgehead atoms. The summed E-state index contributed by atoms with van der Waals surface area (Å²) >= 11 is 5.24. The molecule has 4 nitrogen and oxygen atoms in total. The molecule has 98 valence electrons. The summed E-state index contributed by atoms with van der Waals surface area (Å²) in [4.78, 5) is 24.9. The van der Waals surface area contributed by atoms with E-state index < -0.39 is 0 Å². The number of nitrogens with one attached hydrogen (secondary N) is 1. The van der Waals surface area contributed by atoms with Crippen LogP contribution in [0.3, 0.4) is 0 Å². The lowest BCUT2D eigenvalue weighted by Gasteiger charge is -2.00. The molecule has 0 aliphatic rings. The van der Waals surface area contributed by atoms with Gasteiger partial charge in [0, 0.05) is 13.0 Å². The van der Waals surface area contributed by atoms with Gasteiger partial charge in [-0.25, -0.2) is 4.79 Å². The second-order valence-corrected chi connectivity index (χ2v) is 3.98. The van der Waals surface area contributed by atoms with Crippen molar-refractivity contribution < 1.29 is 4.79 Å². The third kappa shape index (κ3) is 3.47. The lowest BCUT2D eigenvalue weighted by Crippen LogP contribution is -2.16. The predicted octanol–water partition coefficient (Wildman–Crippen LogP) is 2.90. The lowest BCUT2D eigenvalue weighted by molar-refractivity contribution is -0.111. The smallest absolute Gasteiger partial charge is 0.306 e. The number of carbonyl (C=O) groups is 1. The maximum atomic E-state index is 11.6. The molecule has 0 saturated carbocycles. The summed E-state index contributed by atoms with van der Waals surface area (Å²) in [5, 5.41) is -0.368. The molecule has 1 N–H and O–H groups in total. The van der Waals surface area contributed by atoms with Crippen LogP contribution in [0.1, 0.15) is 26.7 Å². The van der Waals surface area contributed by atoms with Crippen molar-refractivity contribution in [2.75, 3.05) is 0 Å². The summed E-state index contributed by atoms with van der Waals surface area (Å²) in [5.74, 6) is 0. The van der Waals surface area contributed by atoms with E-state index in [-0.39, 0.29) is 17.4 Å². The molecule has 2 aromatic rings. The van der Waals surface area contributed by atoms with Crippen molar-refractivity contribution >= 4 is 27.9 Å². The number of aromatic amines is 1. The van der Waals surface area contributed by atoms with Crippen LogP contribution in [-0.4, -0.2) is 14.8 Å². The zero-order valence-corrected chi connectivity index (χ0v) is 11.3. The maximum Gasteiger partial charge on any atom is 0.326 e. The van der Waals surface area contributed by atoms with E-state index in [1.165, 1.54) is 0 Å². The molecule has 0 radical (unpaired) electrons. The third-order valence-corrected chi connectivity index (χ3v) is 2.63. The summed E-state index contributed by atoms with van der Waals surface area (Å²) in [6, 6.07) is 7.46. The molecule has 1 aromatic heterocycles. The van der Waals surface area contributed by atoms with Crippen LogP contribution in [0.4, 0.5) is 0 Å². The molecule has 0 spiro atoms. The molecule has 0 amide bonds. The fraction of sp³-hybridized carbons (Fsp3) is 0.385. The van der Waals surface area contributed by atoms with Crippen LogP contribution in [-0.2, 0) is 11.3 Å². The second kappa shape index (κ2) is 7.01. The summed E-state index contributed by atoms with van der Waals surface area (Å²) in [6.45, 7) is 4.50. The van der Waals surface area contributed by atoms with Crippen molar-refractivity contribution in [3.63, 3.8) is 0 Å². The van der Waals surface area contributed by atoms with Crippen LogP contribution in [0.5, 0.6) is 0 Å². The molecule has 2 rings (SSSR count). The van der Waals surface area contributed by atoms with E-state index in [0.717, 1.165) is 11.0 Å². The van der Waals surface area contributed by atoms with Crippen LogP contribution < -0.4 is 5.69 Å². The number of halogens is 1. The Morgan fingerprint density at radius 1 is 1.33 bits per heavy atom. The zero-order chi connectivity index (χ0) is 13.5. The summed E-state index contributed by atoms with van der Waals surface area (Å²) < 4.78 is 1.62. The normalized spacial score (nSPS) is 9.94. The minimum atomic E-state index is -0.368. The number of para-hydroxylation sites is 2. The molecule has 1 heterocycles. The molecule has 0 aliphatic carbocycles.